The second-order valence-corrected chi connectivity index (χ2v) is 2.56. The number of methoxy groups -OCH3 is 2. The lowest BCUT2D eigenvalue weighted by Crippen LogP contribution is -2.24. The molecule has 0 aliphatic carbocycles. The smallest absolute Gasteiger partial charge is 0.323 e. The molecule has 0 N–H and O–H groups in total. The molecule has 68 valence electrons. The lowest BCUT2D eigenvalue weighted by atomic mass is 9.96. The van der Waals surface area contributed by atoms with Gasteiger partial charge < -0.3 is 9.47 Å². The highest BCUT2D eigenvalue weighted by molar-refractivity contribution is 5.75. The van der Waals surface area contributed by atoms with Crippen molar-refractivity contribution >= 4 is 5.97 Å². The average molecular weight is 171 g/mol. The molecule has 4 heteroatoms. The van der Waals surface area contributed by atoms with Crippen LogP contribution in [0.2, 0.25) is 0 Å². The molecule has 0 fully saturated rings. The van der Waals surface area contributed by atoms with Gasteiger partial charge in [0.15, 0.2) is 0 Å². The van der Waals surface area contributed by atoms with Gasteiger partial charge in [0.1, 0.15) is 5.92 Å². The van der Waals surface area contributed by atoms with Crippen molar-refractivity contribution < 1.29 is 14.3 Å². The number of esters is 1. The van der Waals surface area contributed by atoms with Crippen molar-refractivity contribution in [3.63, 3.8) is 0 Å². The zero-order chi connectivity index (χ0) is 9.56. The van der Waals surface area contributed by atoms with E-state index in [4.69, 9.17) is 10.00 Å². The minimum Gasteiger partial charge on any atom is -0.468 e. The van der Waals surface area contributed by atoms with Gasteiger partial charge in [-0.1, -0.05) is 6.92 Å². The fraction of sp³-hybridized carbons (Fsp3) is 0.750. The molecular weight excluding hydrogens is 158 g/mol. The van der Waals surface area contributed by atoms with Crippen LogP contribution >= 0.6 is 0 Å². The molecule has 0 spiro atoms. The molecule has 0 saturated carbocycles. The van der Waals surface area contributed by atoms with E-state index in [1.165, 1.54) is 14.2 Å². The zero-order valence-electron chi connectivity index (χ0n) is 7.53. The fourth-order valence-corrected chi connectivity index (χ4v) is 0.898. The number of hydrogen-bond acceptors (Lipinski definition) is 4. The van der Waals surface area contributed by atoms with Gasteiger partial charge in [-0.15, -0.1) is 0 Å². The largest absolute Gasteiger partial charge is 0.468 e. The molecular formula is C8H13NO3. The fourth-order valence-electron chi connectivity index (χ4n) is 0.898. The van der Waals surface area contributed by atoms with Crippen LogP contribution in [0.25, 0.3) is 0 Å². The molecule has 0 bridgehead atoms. The molecule has 0 aromatic rings. The van der Waals surface area contributed by atoms with Crippen molar-refractivity contribution in [3.05, 3.63) is 0 Å². The molecule has 0 heterocycles. The van der Waals surface area contributed by atoms with Crippen LogP contribution in [0.15, 0.2) is 0 Å². The first-order valence-corrected chi connectivity index (χ1v) is 3.63. The summed E-state index contributed by atoms with van der Waals surface area (Å²) in [6, 6.07) is 1.88. The molecule has 12 heavy (non-hydrogen) atoms. The van der Waals surface area contributed by atoms with Crippen molar-refractivity contribution in [1.29, 1.82) is 5.26 Å². The number of rotatable bonds is 4. The Hall–Kier alpha value is -1.08. The highest BCUT2D eigenvalue weighted by Gasteiger charge is 2.25. The third-order valence-corrected chi connectivity index (χ3v) is 1.59. The molecule has 0 saturated heterocycles. The van der Waals surface area contributed by atoms with Crippen LogP contribution in [0.3, 0.4) is 0 Å². The number of nitrogens with zero attached hydrogens (tertiary/aromatic N) is 1. The third-order valence-electron chi connectivity index (χ3n) is 1.59. The van der Waals surface area contributed by atoms with Crippen LogP contribution in [0.5, 0.6) is 0 Å². The van der Waals surface area contributed by atoms with E-state index in [1.54, 1.807) is 6.92 Å². The number of carbonyl (C=O) groups excluding carboxylic acids is 1. The summed E-state index contributed by atoms with van der Waals surface area (Å²) in [5, 5.41) is 8.62. The van der Waals surface area contributed by atoms with Gasteiger partial charge in [-0.25, -0.2) is 0 Å². The Morgan fingerprint density at radius 1 is 1.58 bits per heavy atom. The van der Waals surface area contributed by atoms with Crippen LogP contribution in [0.1, 0.15) is 6.92 Å². The van der Waals surface area contributed by atoms with Crippen LogP contribution in [-0.2, 0) is 14.3 Å². The summed E-state index contributed by atoms with van der Waals surface area (Å²) >= 11 is 0. The third kappa shape index (κ3) is 2.89. The maximum Gasteiger partial charge on any atom is 0.323 e. The van der Waals surface area contributed by atoms with Gasteiger partial charge in [0.25, 0.3) is 0 Å². The summed E-state index contributed by atoms with van der Waals surface area (Å²) < 4.78 is 9.28. The number of ether oxygens (including phenoxy) is 2. The van der Waals surface area contributed by atoms with Gasteiger partial charge in [-0.3, -0.25) is 4.79 Å². The minimum absolute atomic E-state index is 0.132. The highest BCUT2D eigenvalue weighted by atomic mass is 16.5. The first-order chi connectivity index (χ1) is 5.67. The Labute approximate surface area is 72.1 Å². The Morgan fingerprint density at radius 3 is 2.50 bits per heavy atom. The predicted octanol–water partition coefficient (Wildman–Crippen LogP) is 0.582. The molecule has 0 rings (SSSR count). The summed E-state index contributed by atoms with van der Waals surface area (Å²) in [4.78, 5) is 11.0. The predicted molar refractivity (Wildman–Crippen MR) is 42.2 cm³/mol. The highest BCUT2D eigenvalue weighted by Crippen LogP contribution is 2.12. The van der Waals surface area contributed by atoms with E-state index >= 15 is 0 Å². The number of nitriles is 1. The first kappa shape index (κ1) is 10.9. The standard InChI is InChI=1S/C8H13NO3/c1-6(5-11-2)7(4-9)8(10)12-3/h6-7H,5H2,1-3H3. The van der Waals surface area contributed by atoms with Crippen molar-refractivity contribution in [2.75, 3.05) is 20.8 Å². The van der Waals surface area contributed by atoms with Crippen LogP contribution in [0, 0.1) is 23.2 Å². The molecule has 0 amide bonds. The van der Waals surface area contributed by atoms with Gasteiger partial charge >= 0.3 is 5.97 Å². The van der Waals surface area contributed by atoms with E-state index in [0.717, 1.165) is 0 Å². The number of hydrogen-bond donors (Lipinski definition) is 0. The Bertz CT molecular complexity index is 185. The Balaban J connectivity index is 4.16. The van der Waals surface area contributed by atoms with E-state index in [1.807, 2.05) is 6.07 Å². The summed E-state index contributed by atoms with van der Waals surface area (Å²) in [6.07, 6.45) is 0. The maximum atomic E-state index is 11.0. The van der Waals surface area contributed by atoms with Gasteiger partial charge in [0, 0.05) is 13.0 Å². The maximum absolute atomic E-state index is 11.0. The summed E-state index contributed by atoms with van der Waals surface area (Å²) in [5.41, 5.74) is 0. The van der Waals surface area contributed by atoms with E-state index in [-0.39, 0.29) is 5.92 Å². The second kappa shape index (κ2) is 5.56. The molecule has 2 atom stereocenters. The monoisotopic (exact) mass is 171 g/mol. The zero-order valence-corrected chi connectivity index (χ0v) is 7.53. The molecule has 0 aromatic carbocycles. The average Bonchev–Trinajstić information content (AvgIpc) is 2.06. The lowest BCUT2D eigenvalue weighted by Gasteiger charge is -2.13. The summed E-state index contributed by atoms with van der Waals surface area (Å²) in [7, 11) is 2.80. The summed E-state index contributed by atoms with van der Waals surface area (Å²) in [5.74, 6) is -1.36. The SMILES string of the molecule is COCC(C)C(C#N)C(=O)OC. The first-order valence-electron chi connectivity index (χ1n) is 3.63. The number of carbonyl (C=O) groups is 1. The topological polar surface area (TPSA) is 59.3 Å². The van der Waals surface area contributed by atoms with Gasteiger partial charge in [-0.2, -0.15) is 5.26 Å². The molecule has 2 unspecified atom stereocenters. The van der Waals surface area contributed by atoms with Crippen molar-refractivity contribution in [2.45, 2.75) is 6.92 Å². The second-order valence-electron chi connectivity index (χ2n) is 2.56. The Kier molecular flexibility index (Phi) is 5.06. The van der Waals surface area contributed by atoms with Crippen LogP contribution in [-0.4, -0.2) is 26.8 Å². The van der Waals surface area contributed by atoms with Gasteiger partial charge in [-0.05, 0) is 0 Å². The Morgan fingerprint density at radius 2 is 2.17 bits per heavy atom. The summed E-state index contributed by atoms with van der Waals surface area (Å²) in [6.45, 7) is 2.15. The molecule has 0 aliphatic rings. The van der Waals surface area contributed by atoms with E-state index in [0.29, 0.717) is 6.61 Å². The molecule has 0 aliphatic heterocycles. The lowest BCUT2D eigenvalue weighted by molar-refractivity contribution is -0.145. The van der Waals surface area contributed by atoms with E-state index in [2.05, 4.69) is 4.74 Å². The van der Waals surface area contributed by atoms with Gasteiger partial charge in [0.05, 0.1) is 19.8 Å². The van der Waals surface area contributed by atoms with E-state index < -0.39 is 11.9 Å². The molecule has 4 nitrogen and oxygen atoms in total. The minimum atomic E-state index is -0.727. The van der Waals surface area contributed by atoms with Crippen LogP contribution in [0.4, 0.5) is 0 Å². The van der Waals surface area contributed by atoms with Crippen molar-refractivity contribution in [3.8, 4) is 6.07 Å². The van der Waals surface area contributed by atoms with Gasteiger partial charge in [0.2, 0.25) is 0 Å². The normalized spacial score (nSPS) is 14.5. The quantitative estimate of drug-likeness (QED) is 0.580. The van der Waals surface area contributed by atoms with E-state index in [9.17, 15) is 4.79 Å². The molecule has 0 aromatic heterocycles. The van der Waals surface area contributed by atoms with Crippen LogP contribution < -0.4 is 0 Å². The van der Waals surface area contributed by atoms with Crippen molar-refractivity contribution in [2.24, 2.45) is 11.8 Å². The molecule has 0 radical (unpaired) electrons. The van der Waals surface area contributed by atoms with Crippen molar-refractivity contribution in [1.82, 2.24) is 0 Å².